The third-order valence-corrected chi connectivity index (χ3v) is 2.93. The molecule has 0 saturated carbocycles. The Balaban J connectivity index is 2.29. The zero-order chi connectivity index (χ0) is 14.5. The lowest BCUT2D eigenvalue weighted by atomic mass is 10.2. The van der Waals surface area contributed by atoms with Crippen molar-refractivity contribution < 1.29 is 13.9 Å². The first-order chi connectivity index (χ1) is 9.67. The highest BCUT2D eigenvalue weighted by molar-refractivity contribution is 5.87. The third kappa shape index (κ3) is 2.82. The number of carbonyl (C=O) groups excluding carboxylic acids is 1. The first kappa shape index (κ1) is 14.1. The van der Waals surface area contributed by atoms with E-state index < -0.39 is 5.97 Å². The molecule has 0 radical (unpaired) electrons. The topological polar surface area (TPSA) is 55.6 Å². The molecule has 2 rings (SSSR count). The van der Waals surface area contributed by atoms with Gasteiger partial charge in [-0.2, -0.15) is 4.98 Å². The molecule has 0 N–H and O–H groups in total. The van der Waals surface area contributed by atoms with Crippen LogP contribution in [-0.2, 0) is 4.74 Å². The summed E-state index contributed by atoms with van der Waals surface area (Å²) in [4.78, 5) is 17.7. The molecule has 0 saturated heterocycles. The molecule has 0 bridgehead atoms. The highest BCUT2D eigenvalue weighted by Crippen LogP contribution is 2.27. The van der Waals surface area contributed by atoms with Crippen LogP contribution in [0.5, 0.6) is 0 Å². The minimum Gasteiger partial charge on any atom is -0.461 e. The van der Waals surface area contributed by atoms with E-state index in [9.17, 15) is 4.79 Å². The van der Waals surface area contributed by atoms with Gasteiger partial charge in [-0.1, -0.05) is 18.2 Å². The summed E-state index contributed by atoms with van der Waals surface area (Å²) in [5.74, 6) is -0.469. The van der Waals surface area contributed by atoms with E-state index in [-0.39, 0.29) is 5.69 Å². The quantitative estimate of drug-likeness (QED) is 0.783. The molecular weight excluding hydrogens is 256 g/mol. The maximum atomic E-state index is 11.6. The van der Waals surface area contributed by atoms with Crippen LogP contribution in [-0.4, -0.2) is 24.1 Å². The fourth-order valence-electron chi connectivity index (χ4n) is 1.96. The number of oxazole rings is 1. The van der Waals surface area contributed by atoms with Crippen molar-refractivity contribution in [1.29, 1.82) is 0 Å². The Bertz CT molecular complexity index is 592. The Labute approximate surface area is 118 Å². The molecule has 0 atom stereocenters. The first-order valence-electron chi connectivity index (χ1n) is 6.63. The number of aromatic nitrogens is 1. The van der Waals surface area contributed by atoms with Gasteiger partial charge in [0.05, 0.1) is 6.61 Å². The zero-order valence-electron chi connectivity index (χ0n) is 11.9. The summed E-state index contributed by atoms with van der Waals surface area (Å²) in [6.07, 6.45) is 1.33. The second-order valence-corrected chi connectivity index (χ2v) is 4.27. The summed E-state index contributed by atoms with van der Waals surface area (Å²) in [5, 5.41) is 0. The van der Waals surface area contributed by atoms with Crippen molar-refractivity contribution in [2.24, 2.45) is 0 Å². The maximum absolute atomic E-state index is 11.6. The molecule has 0 amide bonds. The number of rotatable bonds is 5. The highest BCUT2D eigenvalue weighted by atomic mass is 16.5. The van der Waals surface area contributed by atoms with Gasteiger partial charge in [0.2, 0.25) is 0 Å². The van der Waals surface area contributed by atoms with Crippen molar-refractivity contribution in [1.82, 2.24) is 4.98 Å². The molecule has 1 aromatic carbocycles. The number of nitrogens with zero attached hydrogens (tertiary/aromatic N) is 2. The van der Waals surface area contributed by atoms with Gasteiger partial charge in [-0.15, -0.1) is 0 Å². The molecule has 0 spiro atoms. The lowest BCUT2D eigenvalue weighted by molar-refractivity contribution is 0.0519. The largest absolute Gasteiger partial charge is 0.461 e. The highest BCUT2D eigenvalue weighted by Gasteiger charge is 2.18. The van der Waals surface area contributed by atoms with E-state index in [0.29, 0.717) is 19.2 Å². The number of benzene rings is 1. The summed E-state index contributed by atoms with van der Waals surface area (Å²) < 4.78 is 10.3. The predicted molar refractivity (Wildman–Crippen MR) is 76.3 cm³/mol. The van der Waals surface area contributed by atoms with Gasteiger partial charge >= 0.3 is 12.0 Å². The molecular formula is C15H18N2O3. The van der Waals surface area contributed by atoms with E-state index in [1.54, 1.807) is 6.92 Å². The summed E-state index contributed by atoms with van der Waals surface area (Å²) in [6.45, 7) is 6.78. The van der Waals surface area contributed by atoms with Crippen molar-refractivity contribution >= 4 is 17.7 Å². The Hall–Kier alpha value is -2.30. The summed E-state index contributed by atoms with van der Waals surface area (Å²) >= 11 is 0. The van der Waals surface area contributed by atoms with Crippen LogP contribution in [0.1, 0.15) is 29.9 Å². The van der Waals surface area contributed by atoms with Crippen LogP contribution in [0.3, 0.4) is 0 Å². The van der Waals surface area contributed by atoms with Gasteiger partial charge in [-0.05, 0) is 32.4 Å². The molecule has 0 fully saturated rings. The molecule has 20 heavy (non-hydrogen) atoms. The van der Waals surface area contributed by atoms with Gasteiger partial charge in [0.25, 0.3) is 0 Å². The van der Waals surface area contributed by atoms with Gasteiger partial charge < -0.3 is 9.15 Å². The number of hydrogen-bond acceptors (Lipinski definition) is 5. The standard InChI is InChI=1S/C15H18N2O3/c1-4-17(13-9-7-6-8-11(13)3)15-16-12(10-20-15)14(18)19-5-2/h6-10H,4-5H2,1-3H3. The number of para-hydroxylation sites is 1. The SMILES string of the molecule is CCOC(=O)c1coc(N(CC)c2ccccc2C)n1. The Morgan fingerprint density at radius 3 is 2.75 bits per heavy atom. The Kier molecular flexibility index (Phi) is 4.40. The number of carbonyl (C=O) groups is 1. The van der Waals surface area contributed by atoms with Gasteiger partial charge in [0.1, 0.15) is 6.26 Å². The van der Waals surface area contributed by atoms with Gasteiger partial charge in [-0.3, -0.25) is 4.90 Å². The molecule has 2 aromatic rings. The third-order valence-electron chi connectivity index (χ3n) is 2.93. The van der Waals surface area contributed by atoms with Crippen LogP contribution in [0.25, 0.3) is 0 Å². The maximum Gasteiger partial charge on any atom is 0.360 e. The van der Waals surface area contributed by atoms with Crippen LogP contribution in [0.15, 0.2) is 34.9 Å². The first-order valence-corrected chi connectivity index (χ1v) is 6.63. The van der Waals surface area contributed by atoms with E-state index in [4.69, 9.17) is 9.15 Å². The van der Waals surface area contributed by atoms with Gasteiger partial charge in [-0.25, -0.2) is 4.79 Å². The fraction of sp³-hybridized carbons (Fsp3) is 0.333. The normalized spacial score (nSPS) is 10.3. The minimum atomic E-state index is -0.469. The average Bonchev–Trinajstić information content (AvgIpc) is 2.92. The molecule has 0 unspecified atom stereocenters. The molecule has 106 valence electrons. The van der Waals surface area contributed by atoms with E-state index >= 15 is 0 Å². The van der Waals surface area contributed by atoms with Gasteiger partial charge in [0, 0.05) is 12.2 Å². The Morgan fingerprint density at radius 2 is 2.10 bits per heavy atom. The monoisotopic (exact) mass is 274 g/mol. The zero-order valence-corrected chi connectivity index (χ0v) is 11.9. The summed E-state index contributed by atoms with van der Waals surface area (Å²) in [7, 11) is 0. The lowest BCUT2D eigenvalue weighted by Gasteiger charge is -2.20. The van der Waals surface area contributed by atoms with Crippen molar-refractivity contribution in [2.75, 3.05) is 18.1 Å². The van der Waals surface area contributed by atoms with Crippen LogP contribution >= 0.6 is 0 Å². The summed E-state index contributed by atoms with van der Waals surface area (Å²) in [5.41, 5.74) is 2.31. The summed E-state index contributed by atoms with van der Waals surface area (Å²) in [6, 6.07) is 8.34. The van der Waals surface area contributed by atoms with Crippen molar-refractivity contribution in [2.45, 2.75) is 20.8 Å². The predicted octanol–water partition coefficient (Wildman–Crippen LogP) is 3.32. The van der Waals surface area contributed by atoms with E-state index in [1.807, 2.05) is 43.0 Å². The molecule has 5 nitrogen and oxygen atoms in total. The molecule has 1 aromatic heterocycles. The molecule has 5 heteroatoms. The van der Waals surface area contributed by atoms with Crippen LogP contribution in [0.2, 0.25) is 0 Å². The second kappa shape index (κ2) is 6.23. The van der Waals surface area contributed by atoms with Gasteiger partial charge in [0.15, 0.2) is 5.69 Å². The molecule has 0 aliphatic rings. The average molecular weight is 274 g/mol. The number of aryl methyl sites for hydroxylation is 1. The smallest absolute Gasteiger partial charge is 0.360 e. The molecule has 1 heterocycles. The number of anilines is 2. The fourth-order valence-corrected chi connectivity index (χ4v) is 1.96. The second-order valence-electron chi connectivity index (χ2n) is 4.27. The van der Waals surface area contributed by atoms with Crippen molar-refractivity contribution in [3.8, 4) is 0 Å². The molecule has 0 aliphatic carbocycles. The minimum absolute atomic E-state index is 0.189. The van der Waals surface area contributed by atoms with Crippen molar-refractivity contribution in [3.63, 3.8) is 0 Å². The van der Waals surface area contributed by atoms with Crippen LogP contribution < -0.4 is 4.90 Å². The van der Waals surface area contributed by atoms with E-state index in [0.717, 1.165) is 11.3 Å². The molecule has 0 aliphatic heterocycles. The number of hydrogen-bond donors (Lipinski definition) is 0. The van der Waals surface area contributed by atoms with E-state index in [2.05, 4.69) is 4.98 Å². The van der Waals surface area contributed by atoms with Crippen LogP contribution in [0.4, 0.5) is 11.7 Å². The Morgan fingerprint density at radius 1 is 1.35 bits per heavy atom. The number of esters is 1. The van der Waals surface area contributed by atoms with Crippen molar-refractivity contribution in [3.05, 3.63) is 41.8 Å². The van der Waals surface area contributed by atoms with Crippen LogP contribution in [0, 0.1) is 6.92 Å². The lowest BCUT2D eigenvalue weighted by Crippen LogP contribution is -2.17. The number of ether oxygens (including phenoxy) is 1. The van der Waals surface area contributed by atoms with E-state index in [1.165, 1.54) is 6.26 Å².